The maximum atomic E-state index is 11.5. The molecule has 0 heterocycles. The van der Waals surface area contributed by atoms with Crippen molar-refractivity contribution in [1.29, 1.82) is 0 Å². The van der Waals surface area contributed by atoms with Gasteiger partial charge in [-0.2, -0.15) is 0 Å². The van der Waals surface area contributed by atoms with Gasteiger partial charge in [-0.15, -0.1) is 0 Å². The summed E-state index contributed by atoms with van der Waals surface area (Å²) in [6.07, 6.45) is 15.6. The van der Waals surface area contributed by atoms with Crippen molar-refractivity contribution in [2.75, 3.05) is 40.4 Å². The second kappa shape index (κ2) is 18.2. The van der Waals surface area contributed by atoms with Crippen LogP contribution < -0.4 is 11.5 Å². The van der Waals surface area contributed by atoms with E-state index in [1.165, 1.54) is 11.1 Å². The van der Waals surface area contributed by atoms with Crippen LogP contribution in [0.2, 0.25) is 0 Å². The fourth-order valence-electron chi connectivity index (χ4n) is 9.81. The second-order valence-electron chi connectivity index (χ2n) is 16.9. The summed E-state index contributed by atoms with van der Waals surface area (Å²) in [5.74, 6) is 1.49. The summed E-state index contributed by atoms with van der Waals surface area (Å²) in [6.45, 7) is 6.96. The fraction of sp³-hybridized carbons (Fsp3) is 0.651. The third kappa shape index (κ3) is 9.80. The number of aliphatic hydroxyl groups is 2. The average Bonchev–Trinajstić information content (AvgIpc) is 3.57. The first-order chi connectivity index (χ1) is 25.4. The first-order valence-corrected chi connectivity index (χ1v) is 19.9. The minimum absolute atomic E-state index is 0.0566. The molecule has 2 aromatic carbocycles. The van der Waals surface area contributed by atoms with Gasteiger partial charge in [0.2, 0.25) is 0 Å². The first-order valence-electron chi connectivity index (χ1n) is 19.9. The maximum Gasteiger partial charge on any atom is 0.186 e. The number of unbranched alkanes of at least 4 members (excludes halogenated alkanes) is 1. The van der Waals surface area contributed by atoms with Gasteiger partial charge in [0.05, 0.1) is 17.7 Å². The van der Waals surface area contributed by atoms with Crippen molar-refractivity contribution in [2.24, 2.45) is 49.4 Å². The van der Waals surface area contributed by atoms with E-state index in [0.29, 0.717) is 37.5 Å². The van der Waals surface area contributed by atoms with Crippen molar-refractivity contribution in [2.45, 2.75) is 114 Å². The molecule has 0 unspecified atom stereocenters. The standard InChI is InChI=1S/C23H36N2O2.C20H30N4O2/c1-22-13-11-20(19-9-5-4-6-10-19)17-23(22,26)14-12-21(22)18-24-27-16-8-7-15-25(2)3;1-19-9-7-16(15-5-3-2-4-6-15)13-20(19,25)10-8-17(19)14-24-26-12-11-23-18(21)22/h4-6,9-10,18,20-21,26H,7-8,11-17H2,1-3H3;2-6,14,16-17,25H,7-13H2,1H3,(H4,21,22,23)/b24-18+;24-14+/t20-,21+,22+,23-;16-,17+,19+,20-/m00/s1. The summed E-state index contributed by atoms with van der Waals surface area (Å²) in [7, 11) is 4.18. The normalized spacial score (nSPS) is 33.6. The Kier molecular flexibility index (Phi) is 14.0. The molecule has 0 bridgehead atoms. The molecule has 53 heavy (non-hydrogen) atoms. The molecule has 0 radical (unpaired) electrons. The topological polar surface area (TPSA) is 151 Å². The lowest BCUT2D eigenvalue weighted by molar-refractivity contribution is -0.0960. The number of benzene rings is 2. The lowest BCUT2D eigenvalue weighted by Crippen LogP contribution is -2.49. The van der Waals surface area contributed by atoms with Crippen LogP contribution in [0.4, 0.5) is 0 Å². The molecule has 10 heteroatoms. The Morgan fingerprint density at radius 3 is 1.64 bits per heavy atom. The van der Waals surface area contributed by atoms with Crippen LogP contribution in [0, 0.1) is 22.7 Å². The van der Waals surface area contributed by atoms with Gasteiger partial charge in [0, 0.05) is 35.1 Å². The molecule has 4 fully saturated rings. The van der Waals surface area contributed by atoms with Crippen molar-refractivity contribution in [3.8, 4) is 0 Å². The van der Waals surface area contributed by atoms with Crippen molar-refractivity contribution >= 4 is 18.4 Å². The van der Waals surface area contributed by atoms with Crippen LogP contribution in [0.15, 0.2) is 76.0 Å². The van der Waals surface area contributed by atoms with Crippen molar-refractivity contribution in [3.63, 3.8) is 0 Å². The van der Waals surface area contributed by atoms with Crippen LogP contribution in [0.3, 0.4) is 0 Å². The summed E-state index contributed by atoms with van der Waals surface area (Å²) in [5, 5.41) is 31.3. The molecular formula is C43H66N6O4. The third-order valence-electron chi connectivity index (χ3n) is 13.4. The van der Waals surface area contributed by atoms with Gasteiger partial charge in [-0.1, -0.05) is 84.8 Å². The maximum absolute atomic E-state index is 11.5. The number of fused-ring (bicyclic) bond motifs is 2. The zero-order chi connectivity index (χ0) is 38.0. The van der Waals surface area contributed by atoms with Gasteiger partial charge in [-0.05, 0) is 121 Å². The first kappa shape index (κ1) is 40.7. The molecule has 4 aliphatic carbocycles. The van der Waals surface area contributed by atoms with Gasteiger partial charge in [0.1, 0.15) is 13.2 Å². The van der Waals surface area contributed by atoms with Gasteiger partial charge in [0.15, 0.2) is 5.96 Å². The molecular weight excluding hydrogens is 665 g/mol. The molecule has 0 spiro atoms. The molecule has 4 aliphatic rings. The van der Waals surface area contributed by atoms with E-state index in [-0.39, 0.29) is 22.7 Å². The van der Waals surface area contributed by atoms with Gasteiger partial charge in [-0.25, -0.2) is 4.99 Å². The Morgan fingerprint density at radius 1 is 0.717 bits per heavy atom. The van der Waals surface area contributed by atoms with Crippen LogP contribution in [-0.2, 0) is 9.68 Å². The number of hydrogen-bond donors (Lipinski definition) is 4. The smallest absolute Gasteiger partial charge is 0.186 e. The summed E-state index contributed by atoms with van der Waals surface area (Å²) in [5.41, 5.74) is 11.8. The van der Waals surface area contributed by atoms with E-state index in [9.17, 15) is 10.2 Å². The van der Waals surface area contributed by atoms with E-state index < -0.39 is 11.2 Å². The number of nitrogens with two attached hydrogens (primary N) is 2. The minimum atomic E-state index is -0.638. The summed E-state index contributed by atoms with van der Waals surface area (Å²) in [6, 6.07) is 21.2. The predicted octanol–water partition coefficient (Wildman–Crippen LogP) is 6.82. The number of oxime groups is 2. The lowest BCUT2D eigenvalue weighted by atomic mass is 9.59. The highest BCUT2D eigenvalue weighted by atomic mass is 16.6. The number of aliphatic imine (C=N–C) groups is 1. The predicted molar refractivity (Wildman–Crippen MR) is 215 cm³/mol. The SMILES string of the molecule is CN(C)CCCCO/N=C/[C@H]1CC[C@]2(O)C[C@@H](c3ccccc3)CC[C@]12C.C[C@]12CC[C@H](c3ccccc3)C[C@@]1(O)CC[C@@H]2/C=N/OCCN=C(N)N. The highest BCUT2D eigenvalue weighted by Crippen LogP contribution is 2.61. The largest absolute Gasteiger partial charge is 0.396 e. The number of nitrogens with zero attached hydrogens (tertiary/aromatic N) is 4. The van der Waals surface area contributed by atoms with E-state index in [1.54, 1.807) is 0 Å². The van der Waals surface area contributed by atoms with Gasteiger partial charge < -0.3 is 36.3 Å². The molecule has 292 valence electrons. The Hall–Kier alpha value is -3.47. The quantitative estimate of drug-likeness (QED) is 0.0721. The van der Waals surface area contributed by atoms with E-state index in [2.05, 4.69) is 103 Å². The third-order valence-corrected chi connectivity index (χ3v) is 13.4. The van der Waals surface area contributed by atoms with Crippen LogP contribution in [-0.4, -0.2) is 85.1 Å². The molecule has 0 saturated heterocycles. The Labute approximate surface area is 318 Å². The molecule has 8 atom stereocenters. The summed E-state index contributed by atoms with van der Waals surface area (Å²) < 4.78 is 0. The summed E-state index contributed by atoms with van der Waals surface area (Å²) >= 11 is 0. The highest BCUT2D eigenvalue weighted by molar-refractivity contribution is 5.75. The zero-order valence-electron chi connectivity index (χ0n) is 32.7. The molecule has 6 rings (SSSR count). The van der Waals surface area contributed by atoms with Gasteiger partial charge in [0.25, 0.3) is 0 Å². The number of guanidine groups is 1. The van der Waals surface area contributed by atoms with Crippen LogP contribution in [0.1, 0.15) is 114 Å². The lowest BCUT2D eigenvalue weighted by Gasteiger charge is -2.48. The van der Waals surface area contributed by atoms with Crippen molar-refractivity contribution < 1.29 is 19.9 Å². The Morgan fingerprint density at radius 2 is 1.19 bits per heavy atom. The van der Waals surface area contributed by atoms with E-state index in [4.69, 9.17) is 21.1 Å². The van der Waals surface area contributed by atoms with E-state index >= 15 is 0 Å². The minimum Gasteiger partial charge on any atom is -0.396 e. The number of hydrogen-bond acceptors (Lipinski definition) is 8. The molecule has 2 aromatic rings. The summed E-state index contributed by atoms with van der Waals surface area (Å²) in [4.78, 5) is 16.8. The molecule has 4 saturated carbocycles. The van der Waals surface area contributed by atoms with Crippen LogP contribution >= 0.6 is 0 Å². The average molecular weight is 731 g/mol. The van der Waals surface area contributed by atoms with E-state index in [1.807, 2.05) is 18.5 Å². The Balaban J connectivity index is 0.000000204. The van der Waals surface area contributed by atoms with Crippen molar-refractivity contribution in [1.82, 2.24) is 4.90 Å². The molecule has 0 aliphatic heterocycles. The van der Waals surface area contributed by atoms with Crippen LogP contribution in [0.5, 0.6) is 0 Å². The molecule has 0 aromatic heterocycles. The van der Waals surface area contributed by atoms with E-state index in [0.717, 1.165) is 83.6 Å². The molecule has 0 amide bonds. The second-order valence-corrected chi connectivity index (χ2v) is 16.9. The van der Waals surface area contributed by atoms with Crippen LogP contribution in [0.25, 0.3) is 0 Å². The molecule has 6 N–H and O–H groups in total. The highest BCUT2D eigenvalue weighted by Gasteiger charge is 2.59. The Bertz CT molecular complexity index is 1500. The number of rotatable bonds is 14. The van der Waals surface area contributed by atoms with Crippen molar-refractivity contribution in [3.05, 3.63) is 71.8 Å². The zero-order valence-corrected chi connectivity index (χ0v) is 32.7. The monoisotopic (exact) mass is 731 g/mol. The molecule has 10 nitrogen and oxygen atoms in total. The van der Waals surface area contributed by atoms with Gasteiger partial charge in [-0.3, -0.25) is 0 Å². The van der Waals surface area contributed by atoms with Gasteiger partial charge >= 0.3 is 0 Å². The fourth-order valence-corrected chi connectivity index (χ4v) is 9.81.